The summed E-state index contributed by atoms with van der Waals surface area (Å²) in [6.07, 6.45) is 0. The van der Waals surface area contributed by atoms with Crippen molar-refractivity contribution in [3.05, 3.63) is 101 Å². The first kappa shape index (κ1) is 23.9. The van der Waals surface area contributed by atoms with Crippen LogP contribution in [0.4, 0.5) is 0 Å². The Morgan fingerprint density at radius 2 is 1.71 bits per heavy atom. The smallest absolute Gasteiger partial charge is 0.266 e. The highest BCUT2D eigenvalue weighted by molar-refractivity contribution is 7.88. The molecular formula is C25H24N2O5S2. The van der Waals surface area contributed by atoms with Crippen LogP contribution in [0.25, 0.3) is 10.1 Å². The van der Waals surface area contributed by atoms with Gasteiger partial charge in [0.05, 0.1) is 5.75 Å². The van der Waals surface area contributed by atoms with Gasteiger partial charge in [0.1, 0.15) is 18.4 Å². The molecule has 0 saturated carbocycles. The number of nitrogens with one attached hydrogen (secondary N) is 1. The fourth-order valence-corrected chi connectivity index (χ4v) is 6.17. The Hall–Kier alpha value is -3.24. The summed E-state index contributed by atoms with van der Waals surface area (Å²) >= 11 is 1.58. The predicted octanol–water partition coefficient (Wildman–Crippen LogP) is 4.36. The predicted molar refractivity (Wildman–Crippen MR) is 132 cm³/mol. The molecule has 1 aromatic heterocycles. The molecule has 0 aliphatic carbocycles. The molecule has 1 heterocycles. The molecule has 0 bridgehead atoms. The number of carbonyl (C=O) groups excluding carboxylic acids is 1. The summed E-state index contributed by atoms with van der Waals surface area (Å²) < 4.78 is 35.2. The minimum absolute atomic E-state index is 0.0227. The van der Waals surface area contributed by atoms with Gasteiger partial charge in [-0.3, -0.25) is 10.0 Å². The SMILES string of the molecule is O=C(NO)[C@@H](c1ccccc1)N(CCOc1ccccc1)S(=O)(=O)Cc1ccc2sccc2c1. The van der Waals surface area contributed by atoms with E-state index in [0.717, 1.165) is 14.4 Å². The monoisotopic (exact) mass is 496 g/mol. The number of fused-ring (bicyclic) bond motifs is 1. The maximum Gasteiger partial charge on any atom is 0.266 e. The second-order valence-electron chi connectivity index (χ2n) is 7.61. The summed E-state index contributed by atoms with van der Waals surface area (Å²) in [5.41, 5.74) is 2.67. The molecule has 34 heavy (non-hydrogen) atoms. The average Bonchev–Trinajstić information content (AvgIpc) is 3.32. The largest absolute Gasteiger partial charge is 0.492 e. The van der Waals surface area contributed by atoms with E-state index in [1.165, 1.54) is 0 Å². The average molecular weight is 497 g/mol. The normalized spacial score (nSPS) is 12.5. The van der Waals surface area contributed by atoms with Crippen LogP contribution >= 0.6 is 11.3 Å². The Balaban J connectivity index is 1.66. The van der Waals surface area contributed by atoms with Gasteiger partial charge in [0.15, 0.2) is 0 Å². The van der Waals surface area contributed by atoms with E-state index in [1.54, 1.807) is 65.3 Å². The lowest BCUT2D eigenvalue weighted by Gasteiger charge is -2.29. The first-order chi connectivity index (χ1) is 16.5. The third kappa shape index (κ3) is 5.63. The number of para-hydroxylation sites is 1. The van der Waals surface area contributed by atoms with Crippen LogP contribution in [0.15, 0.2) is 90.3 Å². The summed E-state index contributed by atoms with van der Waals surface area (Å²) in [7, 11) is -4.00. The van der Waals surface area contributed by atoms with E-state index >= 15 is 0 Å². The quantitative estimate of drug-likeness (QED) is 0.251. The zero-order valence-corrected chi connectivity index (χ0v) is 19.8. The topological polar surface area (TPSA) is 95.9 Å². The van der Waals surface area contributed by atoms with Crippen LogP contribution in [0, 0.1) is 0 Å². The van der Waals surface area contributed by atoms with Gasteiger partial charge in [-0.05, 0) is 52.2 Å². The van der Waals surface area contributed by atoms with Crippen LogP contribution in [-0.2, 0) is 20.6 Å². The van der Waals surface area contributed by atoms with Crippen LogP contribution in [0.5, 0.6) is 5.75 Å². The number of sulfonamides is 1. The van der Waals surface area contributed by atoms with Crippen LogP contribution in [0.2, 0.25) is 0 Å². The molecule has 3 aromatic carbocycles. The number of hydrogen-bond acceptors (Lipinski definition) is 6. The minimum Gasteiger partial charge on any atom is -0.492 e. The molecule has 176 valence electrons. The molecule has 0 radical (unpaired) electrons. The fourth-order valence-electron chi connectivity index (χ4n) is 3.74. The fraction of sp³-hybridized carbons (Fsp3) is 0.160. The molecule has 7 nitrogen and oxygen atoms in total. The Morgan fingerprint density at radius 1 is 1.00 bits per heavy atom. The van der Waals surface area contributed by atoms with E-state index in [-0.39, 0.29) is 18.9 Å². The Labute approximate surface area is 202 Å². The van der Waals surface area contributed by atoms with Crippen molar-refractivity contribution in [3.63, 3.8) is 0 Å². The minimum atomic E-state index is -4.00. The van der Waals surface area contributed by atoms with Crippen LogP contribution < -0.4 is 10.2 Å². The van der Waals surface area contributed by atoms with E-state index in [9.17, 15) is 18.4 Å². The van der Waals surface area contributed by atoms with Crippen molar-refractivity contribution in [2.24, 2.45) is 0 Å². The van der Waals surface area contributed by atoms with Crippen molar-refractivity contribution in [2.75, 3.05) is 13.2 Å². The molecule has 0 unspecified atom stereocenters. The van der Waals surface area contributed by atoms with Gasteiger partial charge in [0.2, 0.25) is 10.0 Å². The number of nitrogens with zero attached hydrogens (tertiary/aromatic N) is 1. The number of rotatable bonds is 10. The number of benzene rings is 3. The lowest BCUT2D eigenvalue weighted by Crippen LogP contribution is -2.45. The highest BCUT2D eigenvalue weighted by atomic mass is 32.2. The molecule has 4 rings (SSSR count). The molecular weight excluding hydrogens is 472 g/mol. The molecule has 2 N–H and O–H groups in total. The maximum absolute atomic E-state index is 13.7. The van der Waals surface area contributed by atoms with Gasteiger partial charge in [0, 0.05) is 11.2 Å². The zero-order valence-electron chi connectivity index (χ0n) is 18.2. The first-order valence-electron chi connectivity index (χ1n) is 10.6. The standard InChI is InChI=1S/C25H24N2O5S2/c28-25(26-29)24(20-7-3-1-4-8-20)27(14-15-32-22-9-5-2-6-10-22)34(30,31)18-19-11-12-23-21(17-19)13-16-33-23/h1-13,16-17,24,29H,14-15,18H2,(H,26,28)/t24-/m1/s1. The molecule has 0 saturated heterocycles. The number of amides is 1. The first-order valence-corrected chi connectivity index (χ1v) is 13.1. The van der Waals surface area contributed by atoms with Crippen LogP contribution in [0.3, 0.4) is 0 Å². The van der Waals surface area contributed by atoms with Crippen molar-refractivity contribution in [3.8, 4) is 5.75 Å². The molecule has 1 amide bonds. The van der Waals surface area contributed by atoms with Crippen molar-refractivity contribution in [2.45, 2.75) is 11.8 Å². The lowest BCUT2D eigenvalue weighted by atomic mass is 10.1. The number of hydrogen-bond donors (Lipinski definition) is 2. The number of thiophene rings is 1. The Morgan fingerprint density at radius 3 is 2.41 bits per heavy atom. The molecule has 1 atom stereocenters. The number of carbonyl (C=O) groups is 1. The third-order valence-electron chi connectivity index (χ3n) is 5.31. The van der Waals surface area contributed by atoms with E-state index < -0.39 is 22.0 Å². The summed E-state index contributed by atoms with van der Waals surface area (Å²) in [5, 5.41) is 12.3. The van der Waals surface area contributed by atoms with E-state index in [0.29, 0.717) is 16.9 Å². The van der Waals surface area contributed by atoms with Gasteiger partial charge in [0.25, 0.3) is 5.91 Å². The van der Waals surface area contributed by atoms with Crippen LogP contribution in [-0.4, -0.2) is 37.0 Å². The van der Waals surface area contributed by atoms with Gasteiger partial charge in [-0.2, -0.15) is 4.31 Å². The highest BCUT2D eigenvalue weighted by Crippen LogP contribution is 2.28. The molecule has 9 heteroatoms. The van der Waals surface area contributed by atoms with E-state index in [4.69, 9.17) is 4.74 Å². The Bertz CT molecular complexity index is 1340. The van der Waals surface area contributed by atoms with Gasteiger partial charge >= 0.3 is 0 Å². The van der Waals surface area contributed by atoms with Gasteiger partial charge in [-0.25, -0.2) is 13.9 Å². The maximum atomic E-state index is 13.7. The van der Waals surface area contributed by atoms with Crippen molar-refractivity contribution >= 4 is 37.4 Å². The summed E-state index contributed by atoms with van der Waals surface area (Å²) in [6.45, 7) is -0.0697. The molecule has 0 aliphatic heterocycles. The van der Waals surface area contributed by atoms with Gasteiger partial charge in [-0.15, -0.1) is 11.3 Å². The van der Waals surface area contributed by atoms with Crippen molar-refractivity contribution in [1.82, 2.24) is 9.79 Å². The number of hydroxylamine groups is 1. The third-order valence-corrected chi connectivity index (χ3v) is 8.01. The highest BCUT2D eigenvalue weighted by Gasteiger charge is 2.36. The molecule has 0 aliphatic rings. The van der Waals surface area contributed by atoms with E-state index in [1.807, 2.05) is 41.8 Å². The van der Waals surface area contributed by atoms with Crippen LogP contribution in [0.1, 0.15) is 17.2 Å². The van der Waals surface area contributed by atoms with Crippen molar-refractivity contribution < 1.29 is 23.2 Å². The lowest BCUT2D eigenvalue weighted by molar-refractivity contribution is -0.133. The van der Waals surface area contributed by atoms with Crippen molar-refractivity contribution in [1.29, 1.82) is 0 Å². The Kier molecular flexibility index (Phi) is 7.59. The molecule has 4 aromatic rings. The second kappa shape index (κ2) is 10.8. The second-order valence-corrected chi connectivity index (χ2v) is 10.5. The van der Waals surface area contributed by atoms with Gasteiger partial charge in [-0.1, -0.05) is 54.6 Å². The molecule has 0 fully saturated rings. The summed E-state index contributed by atoms with van der Waals surface area (Å²) in [6, 6.07) is 23.7. The summed E-state index contributed by atoms with van der Waals surface area (Å²) in [5.74, 6) is -0.556. The van der Waals surface area contributed by atoms with Gasteiger partial charge < -0.3 is 4.74 Å². The zero-order chi connectivity index (χ0) is 24.0. The summed E-state index contributed by atoms with van der Waals surface area (Å²) in [4.78, 5) is 12.7. The molecule has 0 spiro atoms. The number of ether oxygens (including phenoxy) is 1. The van der Waals surface area contributed by atoms with E-state index in [2.05, 4.69) is 0 Å².